The van der Waals surface area contributed by atoms with Gasteiger partial charge in [0.25, 0.3) is 0 Å². The second-order valence-corrected chi connectivity index (χ2v) is 8.25. The van der Waals surface area contributed by atoms with Gasteiger partial charge in [-0.25, -0.2) is 8.42 Å². The number of hydrogen-bond acceptors (Lipinski definition) is 5. The standard InChI is InChI=1S/C14H17F3N2O4S2/c1-10-2-3-11(25(21,22)19-4-6-23-7-5-19)8-12(10)18-13(20)9-24-14(15,16)17/h2-3,8H,4-7,9H2,1H3,(H,18,20). The van der Waals surface area contributed by atoms with Gasteiger partial charge in [-0.2, -0.15) is 17.5 Å². The fourth-order valence-electron chi connectivity index (χ4n) is 2.17. The van der Waals surface area contributed by atoms with Crippen LogP contribution in [-0.4, -0.2) is 56.2 Å². The van der Waals surface area contributed by atoms with Gasteiger partial charge in [0, 0.05) is 18.8 Å². The Labute approximate surface area is 147 Å². The molecule has 25 heavy (non-hydrogen) atoms. The Bertz CT molecular complexity index is 732. The molecular formula is C14H17F3N2O4S2. The second kappa shape index (κ2) is 7.94. The van der Waals surface area contributed by atoms with Crippen molar-refractivity contribution in [2.24, 2.45) is 0 Å². The van der Waals surface area contributed by atoms with Crippen LogP contribution in [0.1, 0.15) is 5.56 Å². The number of sulfonamides is 1. The summed E-state index contributed by atoms with van der Waals surface area (Å²) in [7, 11) is -3.76. The maximum absolute atomic E-state index is 12.6. The van der Waals surface area contributed by atoms with Crippen molar-refractivity contribution < 1.29 is 31.1 Å². The van der Waals surface area contributed by atoms with Gasteiger partial charge < -0.3 is 10.1 Å². The zero-order valence-corrected chi connectivity index (χ0v) is 14.9. The van der Waals surface area contributed by atoms with Crippen LogP contribution in [-0.2, 0) is 19.6 Å². The number of nitrogens with one attached hydrogen (secondary N) is 1. The van der Waals surface area contributed by atoms with Crippen LogP contribution in [0.15, 0.2) is 23.1 Å². The molecule has 1 aromatic rings. The molecule has 1 aliphatic heterocycles. The summed E-state index contributed by atoms with van der Waals surface area (Å²) < 4.78 is 68.0. The Morgan fingerprint density at radius 2 is 1.96 bits per heavy atom. The normalized spacial score (nSPS) is 16.6. The summed E-state index contributed by atoms with van der Waals surface area (Å²) >= 11 is -0.453. The van der Waals surface area contributed by atoms with E-state index in [0.29, 0.717) is 18.8 Å². The third-order valence-corrected chi connectivity index (χ3v) is 6.09. The third kappa shape index (κ3) is 5.59. The van der Waals surface area contributed by atoms with Crippen molar-refractivity contribution in [2.75, 3.05) is 37.4 Å². The van der Waals surface area contributed by atoms with Crippen LogP contribution in [0.5, 0.6) is 0 Å². The van der Waals surface area contributed by atoms with Gasteiger partial charge in [0.2, 0.25) is 15.9 Å². The number of carbonyl (C=O) groups is 1. The number of carbonyl (C=O) groups excluding carboxylic acids is 1. The Balaban J connectivity index is 2.15. The van der Waals surface area contributed by atoms with E-state index >= 15 is 0 Å². The maximum atomic E-state index is 12.6. The number of thioether (sulfide) groups is 1. The molecule has 1 aliphatic rings. The molecule has 1 fully saturated rings. The molecule has 11 heteroatoms. The first kappa shape index (κ1) is 20.0. The average molecular weight is 398 g/mol. The number of halogens is 3. The smallest absolute Gasteiger partial charge is 0.379 e. The van der Waals surface area contributed by atoms with Gasteiger partial charge in [-0.15, -0.1) is 0 Å². The van der Waals surface area contributed by atoms with Crippen molar-refractivity contribution in [3.05, 3.63) is 23.8 Å². The van der Waals surface area contributed by atoms with Crippen molar-refractivity contribution in [3.63, 3.8) is 0 Å². The van der Waals surface area contributed by atoms with E-state index in [1.54, 1.807) is 6.92 Å². The number of ether oxygens (including phenoxy) is 1. The van der Waals surface area contributed by atoms with E-state index in [0.717, 1.165) is 0 Å². The predicted octanol–water partition coefficient (Wildman–Crippen LogP) is 2.21. The number of alkyl halides is 3. The molecule has 0 aromatic heterocycles. The summed E-state index contributed by atoms with van der Waals surface area (Å²) in [5, 5.41) is 2.33. The fraction of sp³-hybridized carbons (Fsp3) is 0.500. The Kier molecular flexibility index (Phi) is 6.35. The number of amides is 1. The highest BCUT2D eigenvalue weighted by atomic mass is 32.2. The quantitative estimate of drug-likeness (QED) is 0.823. The van der Waals surface area contributed by atoms with Crippen molar-refractivity contribution in [1.29, 1.82) is 0 Å². The molecule has 6 nitrogen and oxygen atoms in total. The number of benzene rings is 1. The van der Waals surface area contributed by atoms with E-state index < -0.39 is 39.0 Å². The first-order chi connectivity index (χ1) is 11.6. The number of anilines is 1. The lowest BCUT2D eigenvalue weighted by atomic mass is 10.2. The molecule has 0 aliphatic carbocycles. The molecule has 2 rings (SSSR count). The van der Waals surface area contributed by atoms with Crippen LogP contribution >= 0.6 is 11.8 Å². The van der Waals surface area contributed by atoms with Gasteiger partial charge in [-0.05, 0) is 36.4 Å². The molecular weight excluding hydrogens is 381 g/mol. The average Bonchev–Trinajstić information content (AvgIpc) is 2.55. The van der Waals surface area contributed by atoms with E-state index in [9.17, 15) is 26.4 Å². The van der Waals surface area contributed by atoms with Gasteiger partial charge in [0.1, 0.15) is 0 Å². The summed E-state index contributed by atoms with van der Waals surface area (Å²) in [5.41, 5.74) is -3.79. The highest BCUT2D eigenvalue weighted by Crippen LogP contribution is 2.30. The molecule has 140 valence electrons. The largest absolute Gasteiger partial charge is 0.442 e. The third-order valence-electron chi connectivity index (χ3n) is 3.46. The predicted molar refractivity (Wildman–Crippen MR) is 87.9 cm³/mol. The maximum Gasteiger partial charge on any atom is 0.442 e. The van der Waals surface area contributed by atoms with Gasteiger partial charge in [-0.1, -0.05) is 6.07 Å². The Hall–Kier alpha value is -1.30. The first-order valence-corrected chi connectivity index (χ1v) is 9.71. The summed E-state index contributed by atoms with van der Waals surface area (Å²) in [4.78, 5) is 11.6. The molecule has 1 saturated heterocycles. The highest BCUT2D eigenvalue weighted by Gasteiger charge is 2.30. The number of morpholine rings is 1. The van der Waals surface area contributed by atoms with Gasteiger partial charge >= 0.3 is 5.51 Å². The minimum Gasteiger partial charge on any atom is -0.379 e. The molecule has 1 heterocycles. The molecule has 0 bridgehead atoms. The van der Waals surface area contributed by atoms with Gasteiger partial charge in [0.05, 0.1) is 23.9 Å². The molecule has 0 unspecified atom stereocenters. The molecule has 1 aromatic carbocycles. The van der Waals surface area contributed by atoms with E-state index in [2.05, 4.69) is 5.32 Å². The zero-order valence-electron chi connectivity index (χ0n) is 13.3. The van der Waals surface area contributed by atoms with Crippen LogP contribution in [0.3, 0.4) is 0 Å². The molecule has 0 radical (unpaired) electrons. The summed E-state index contributed by atoms with van der Waals surface area (Å²) in [6, 6.07) is 4.16. The fourth-order valence-corrected chi connectivity index (χ4v) is 3.97. The van der Waals surface area contributed by atoms with Crippen LogP contribution in [0, 0.1) is 6.92 Å². The summed E-state index contributed by atoms with van der Waals surface area (Å²) in [5.74, 6) is -1.66. The van der Waals surface area contributed by atoms with Crippen LogP contribution in [0.4, 0.5) is 18.9 Å². The number of nitrogens with zero attached hydrogens (tertiary/aromatic N) is 1. The molecule has 0 spiro atoms. The lowest BCUT2D eigenvalue weighted by Gasteiger charge is -2.26. The van der Waals surface area contributed by atoms with E-state index in [4.69, 9.17) is 4.74 Å². The van der Waals surface area contributed by atoms with Crippen molar-refractivity contribution in [2.45, 2.75) is 17.3 Å². The number of hydrogen-bond donors (Lipinski definition) is 1. The van der Waals surface area contributed by atoms with E-state index in [1.807, 2.05) is 0 Å². The second-order valence-electron chi connectivity index (χ2n) is 5.28. The minimum absolute atomic E-state index is 0.0289. The SMILES string of the molecule is Cc1ccc(S(=O)(=O)N2CCOCC2)cc1NC(=O)CSC(F)(F)F. The van der Waals surface area contributed by atoms with Crippen molar-refractivity contribution in [1.82, 2.24) is 4.31 Å². The zero-order chi connectivity index (χ0) is 18.7. The van der Waals surface area contributed by atoms with Gasteiger partial charge in [-0.3, -0.25) is 4.79 Å². The van der Waals surface area contributed by atoms with Crippen LogP contribution in [0.25, 0.3) is 0 Å². The highest BCUT2D eigenvalue weighted by molar-refractivity contribution is 8.00. The Morgan fingerprint density at radius 1 is 1.32 bits per heavy atom. The van der Waals surface area contributed by atoms with E-state index in [1.165, 1.54) is 22.5 Å². The van der Waals surface area contributed by atoms with Crippen molar-refractivity contribution in [3.8, 4) is 0 Å². The Morgan fingerprint density at radius 3 is 2.56 bits per heavy atom. The molecule has 0 saturated carbocycles. The number of aryl methyl sites for hydroxylation is 1. The van der Waals surface area contributed by atoms with E-state index in [-0.39, 0.29) is 23.7 Å². The topological polar surface area (TPSA) is 75.7 Å². The van der Waals surface area contributed by atoms with Crippen molar-refractivity contribution >= 4 is 33.4 Å². The minimum atomic E-state index is -4.51. The molecule has 0 atom stereocenters. The summed E-state index contributed by atoms with van der Waals surface area (Å²) in [6.45, 7) is 2.66. The monoisotopic (exact) mass is 398 g/mol. The van der Waals surface area contributed by atoms with Crippen LogP contribution in [0.2, 0.25) is 0 Å². The molecule has 1 N–H and O–H groups in total. The van der Waals surface area contributed by atoms with Gasteiger partial charge in [0.15, 0.2) is 0 Å². The molecule has 1 amide bonds. The lowest BCUT2D eigenvalue weighted by molar-refractivity contribution is -0.114. The van der Waals surface area contributed by atoms with Crippen LogP contribution < -0.4 is 5.32 Å². The summed E-state index contributed by atoms with van der Waals surface area (Å²) in [6.07, 6.45) is 0. The first-order valence-electron chi connectivity index (χ1n) is 7.29. The number of rotatable bonds is 5. The lowest BCUT2D eigenvalue weighted by Crippen LogP contribution is -2.40.